The molecule has 1 aromatic carbocycles. The number of rotatable bonds is 2. The third kappa shape index (κ3) is 2.58. The van der Waals surface area contributed by atoms with Crippen molar-refractivity contribution in [2.45, 2.75) is 6.92 Å². The summed E-state index contributed by atoms with van der Waals surface area (Å²) in [5.41, 5.74) is 1.74. The fraction of sp³-hybridized carbons (Fsp3) is 0.308. The molecule has 1 heterocycles. The van der Waals surface area contributed by atoms with Gasteiger partial charge in [0, 0.05) is 6.08 Å². The molecular weight excluding hydrogens is 220 g/mol. The molecule has 2 rings (SSSR count). The van der Waals surface area contributed by atoms with Crippen LogP contribution in [-0.2, 0) is 9.53 Å². The smallest absolute Gasteiger partial charge is 0.330 e. The first kappa shape index (κ1) is 11.5. The molecule has 0 spiro atoms. The molecule has 4 nitrogen and oxygen atoms in total. The van der Waals surface area contributed by atoms with Crippen LogP contribution in [0.25, 0.3) is 5.57 Å². The normalized spacial score (nSPS) is 14.4. The average molecular weight is 234 g/mol. The third-order valence-electron chi connectivity index (χ3n) is 2.53. The van der Waals surface area contributed by atoms with Crippen molar-refractivity contribution in [1.82, 2.24) is 0 Å². The summed E-state index contributed by atoms with van der Waals surface area (Å²) in [6.45, 7) is 2.97. The number of fused-ring (bicyclic) bond motifs is 1. The van der Waals surface area contributed by atoms with Gasteiger partial charge in [0.1, 0.15) is 13.2 Å². The Kier molecular flexibility index (Phi) is 3.32. The highest BCUT2D eigenvalue weighted by molar-refractivity contribution is 5.91. The van der Waals surface area contributed by atoms with Crippen molar-refractivity contribution >= 4 is 11.5 Å². The molecular formula is C13H14O4. The zero-order chi connectivity index (χ0) is 12.3. The Bertz CT molecular complexity index is 462. The monoisotopic (exact) mass is 234 g/mol. The molecule has 1 aliphatic rings. The first-order chi connectivity index (χ1) is 8.20. The van der Waals surface area contributed by atoms with Gasteiger partial charge in [-0.25, -0.2) is 4.79 Å². The molecule has 0 N–H and O–H groups in total. The maximum absolute atomic E-state index is 11.1. The number of allylic oxidation sites excluding steroid dienone is 1. The second-order valence-electron chi connectivity index (χ2n) is 3.71. The average Bonchev–Trinajstić information content (AvgIpc) is 2.38. The van der Waals surface area contributed by atoms with Crippen LogP contribution in [0.15, 0.2) is 24.3 Å². The lowest BCUT2D eigenvalue weighted by molar-refractivity contribution is -0.134. The van der Waals surface area contributed by atoms with E-state index in [0.717, 1.165) is 16.9 Å². The molecule has 0 radical (unpaired) electrons. The number of hydrogen-bond donors (Lipinski definition) is 0. The second-order valence-corrected chi connectivity index (χ2v) is 3.71. The van der Waals surface area contributed by atoms with Crippen molar-refractivity contribution in [1.29, 1.82) is 0 Å². The number of carbonyl (C=O) groups excluding carboxylic acids is 1. The Hall–Kier alpha value is -1.97. The summed E-state index contributed by atoms with van der Waals surface area (Å²) in [5.74, 6) is 1.09. The minimum absolute atomic E-state index is 0.364. The van der Waals surface area contributed by atoms with Gasteiger partial charge in [-0.3, -0.25) is 0 Å². The van der Waals surface area contributed by atoms with E-state index in [1.807, 2.05) is 25.1 Å². The Labute approximate surface area is 99.8 Å². The summed E-state index contributed by atoms with van der Waals surface area (Å²) in [4.78, 5) is 11.1. The molecule has 0 atom stereocenters. The fourth-order valence-corrected chi connectivity index (χ4v) is 1.61. The number of ether oxygens (including phenoxy) is 3. The Morgan fingerprint density at radius 3 is 2.71 bits per heavy atom. The van der Waals surface area contributed by atoms with Crippen molar-refractivity contribution in [3.05, 3.63) is 29.8 Å². The predicted molar refractivity (Wildman–Crippen MR) is 63.1 cm³/mol. The summed E-state index contributed by atoms with van der Waals surface area (Å²) in [6.07, 6.45) is 1.45. The first-order valence-corrected chi connectivity index (χ1v) is 5.37. The molecule has 90 valence electrons. The maximum atomic E-state index is 11.1. The van der Waals surface area contributed by atoms with Crippen LogP contribution < -0.4 is 9.47 Å². The Morgan fingerprint density at radius 1 is 1.29 bits per heavy atom. The van der Waals surface area contributed by atoms with Gasteiger partial charge in [0.15, 0.2) is 11.5 Å². The van der Waals surface area contributed by atoms with Crippen molar-refractivity contribution in [2.24, 2.45) is 0 Å². The van der Waals surface area contributed by atoms with Crippen LogP contribution in [0, 0.1) is 0 Å². The minimum atomic E-state index is -0.364. The largest absolute Gasteiger partial charge is 0.486 e. The molecule has 0 saturated carbocycles. The standard InChI is InChI=1S/C13H14O4/c1-9(7-13(14)15-2)10-3-4-11-12(8-10)17-6-5-16-11/h3-4,7-8H,5-6H2,1-2H3/b9-7-. The molecule has 0 aliphatic carbocycles. The fourth-order valence-electron chi connectivity index (χ4n) is 1.61. The van der Waals surface area contributed by atoms with E-state index in [1.54, 1.807) is 0 Å². The molecule has 4 heteroatoms. The van der Waals surface area contributed by atoms with E-state index in [2.05, 4.69) is 4.74 Å². The van der Waals surface area contributed by atoms with Crippen LogP contribution in [0.3, 0.4) is 0 Å². The van der Waals surface area contributed by atoms with Crippen molar-refractivity contribution < 1.29 is 19.0 Å². The van der Waals surface area contributed by atoms with Crippen LogP contribution in [0.4, 0.5) is 0 Å². The van der Waals surface area contributed by atoms with Gasteiger partial charge in [-0.05, 0) is 30.2 Å². The molecule has 0 fully saturated rings. The highest BCUT2D eigenvalue weighted by Crippen LogP contribution is 2.32. The minimum Gasteiger partial charge on any atom is -0.486 e. The number of esters is 1. The second kappa shape index (κ2) is 4.91. The predicted octanol–water partition coefficient (Wildman–Crippen LogP) is 2.03. The van der Waals surface area contributed by atoms with Crippen molar-refractivity contribution in [2.75, 3.05) is 20.3 Å². The van der Waals surface area contributed by atoms with Gasteiger partial charge in [-0.2, -0.15) is 0 Å². The van der Waals surface area contributed by atoms with Crippen LogP contribution in [0.1, 0.15) is 12.5 Å². The summed E-state index contributed by atoms with van der Waals surface area (Å²) in [7, 11) is 1.36. The molecule has 1 aliphatic heterocycles. The highest BCUT2D eigenvalue weighted by atomic mass is 16.6. The molecule has 0 amide bonds. The number of carbonyl (C=O) groups is 1. The van der Waals surface area contributed by atoms with Crippen LogP contribution in [-0.4, -0.2) is 26.3 Å². The molecule has 0 aromatic heterocycles. The lowest BCUT2D eigenvalue weighted by Gasteiger charge is -2.18. The van der Waals surface area contributed by atoms with E-state index in [9.17, 15) is 4.79 Å². The number of methoxy groups -OCH3 is 1. The van der Waals surface area contributed by atoms with E-state index in [4.69, 9.17) is 9.47 Å². The quantitative estimate of drug-likeness (QED) is 0.580. The summed E-state index contributed by atoms with van der Waals surface area (Å²) in [5, 5.41) is 0. The van der Waals surface area contributed by atoms with Crippen molar-refractivity contribution in [3.63, 3.8) is 0 Å². The summed E-state index contributed by atoms with van der Waals surface area (Å²) in [6, 6.07) is 5.60. The Morgan fingerprint density at radius 2 is 2.00 bits per heavy atom. The van der Waals surface area contributed by atoms with Gasteiger partial charge in [0.2, 0.25) is 0 Å². The van der Waals surface area contributed by atoms with E-state index in [0.29, 0.717) is 19.0 Å². The van der Waals surface area contributed by atoms with Gasteiger partial charge in [-0.15, -0.1) is 0 Å². The lowest BCUT2D eigenvalue weighted by atomic mass is 10.1. The SMILES string of the molecule is COC(=O)/C=C(/C)c1ccc2c(c1)OCCO2. The summed E-state index contributed by atoms with van der Waals surface area (Å²) >= 11 is 0. The van der Waals surface area contributed by atoms with Crippen LogP contribution >= 0.6 is 0 Å². The van der Waals surface area contributed by atoms with E-state index >= 15 is 0 Å². The van der Waals surface area contributed by atoms with Crippen LogP contribution in [0.5, 0.6) is 11.5 Å². The van der Waals surface area contributed by atoms with Gasteiger partial charge in [0.25, 0.3) is 0 Å². The first-order valence-electron chi connectivity index (χ1n) is 5.37. The molecule has 1 aromatic rings. The molecule has 0 unspecified atom stereocenters. The number of hydrogen-bond acceptors (Lipinski definition) is 4. The van der Waals surface area contributed by atoms with E-state index < -0.39 is 0 Å². The maximum Gasteiger partial charge on any atom is 0.330 e. The van der Waals surface area contributed by atoms with E-state index in [-0.39, 0.29) is 5.97 Å². The molecule has 0 saturated heterocycles. The van der Waals surface area contributed by atoms with Gasteiger partial charge >= 0.3 is 5.97 Å². The Balaban J connectivity index is 2.27. The third-order valence-corrected chi connectivity index (χ3v) is 2.53. The molecule has 17 heavy (non-hydrogen) atoms. The van der Waals surface area contributed by atoms with Gasteiger partial charge < -0.3 is 14.2 Å². The van der Waals surface area contributed by atoms with E-state index in [1.165, 1.54) is 13.2 Å². The van der Waals surface area contributed by atoms with Crippen LogP contribution in [0.2, 0.25) is 0 Å². The summed E-state index contributed by atoms with van der Waals surface area (Å²) < 4.78 is 15.5. The highest BCUT2D eigenvalue weighted by Gasteiger charge is 2.12. The zero-order valence-electron chi connectivity index (χ0n) is 9.86. The van der Waals surface area contributed by atoms with Gasteiger partial charge in [0.05, 0.1) is 7.11 Å². The zero-order valence-corrected chi connectivity index (χ0v) is 9.86. The van der Waals surface area contributed by atoms with Gasteiger partial charge in [-0.1, -0.05) is 6.07 Å². The number of benzene rings is 1. The topological polar surface area (TPSA) is 44.8 Å². The lowest BCUT2D eigenvalue weighted by Crippen LogP contribution is -2.15. The molecule has 0 bridgehead atoms. The van der Waals surface area contributed by atoms with Crippen molar-refractivity contribution in [3.8, 4) is 11.5 Å².